The second kappa shape index (κ2) is 23.0. The highest BCUT2D eigenvalue weighted by atomic mass is 16.3. The molecule has 0 radical (unpaired) electrons. The van der Waals surface area contributed by atoms with Crippen LogP contribution in [0.4, 0.5) is 0 Å². The van der Waals surface area contributed by atoms with Crippen LogP contribution in [0.5, 0.6) is 17.2 Å². The van der Waals surface area contributed by atoms with E-state index >= 15 is 0 Å². The highest BCUT2D eigenvalue weighted by molar-refractivity contribution is 5.72. The summed E-state index contributed by atoms with van der Waals surface area (Å²) in [6.07, 6.45) is 4.65. The summed E-state index contributed by atoms with van der Waals surface area (Å²) in [5.41, 5.74) is 7.55. The van der Waals surface area contributed by atoms with Crippen molar-refractivity contribution in [3.05, 3.63) is 190 Å². The van der Waals surface area contributed by atoms with E-state index in [1.54, 1.807) is 38.0 Å². The zero-order chi connectivity index (χ0) is 56.0. The Kier molecular flexibility index (Phi) is 17.2. The molecule has 0 aliphatic heterocycles. The van der Waals surface area contributed by atoms with Crippen molar-refractivity contribution in [2.45, 2.75) is 140 Å². The van der Waals surface area contributed by atoms with Gasteiger partial charge in [-0.1, -0.05) is 116 Å². The van der Waals surface area contributed by atoms with Crippen molar-refractivity contribution in [2.24, 2.45) is 0 Å². The molecule has 4 heterocycles. The van der Waals surface area contributed by atoms with Crippen molar-refractivity contribution >= 4 is 11.0 Å². The second-order valence-corrected chi connectivity index (χ2v) is 22.0. The maximum absolute atomic E-state index is 14.4. The van der Waals surface area contributed by atoms with Gasteiger partial charge in [-0.15, -0.1) is 10.2 Å². The van der Waals surface area contributed by atoms with E-state index in [1.165, 1.54) is 6.33 Å². The molecule has 9 rings (SSSR count). The van der Waals surface area contributed by atoms with Gasteiger partial charge >= 0.3 is 17.1 Å². The smallest absolute Gasteiger partial charge is 0.336 e. The summed E-state index contributed by atoms with van der Waals surface area (Å²) >= 11 is 0. The zero-order valence-corrected chi connectivity index (χ0v) is 46.3. The molecule has 5 N–H and O–H groups in total. The van der Waals surface area contributed by atoms with Crippen LogP contribution in [0, 0.1) is 41.5 Å². The number of aromatic nitrogens is 13. The van der Waals surface area contributed by atoms with Crippen LogP contribution < -0.4 is 17.1 Å². The largest absolute Gasteiger partial charge is 0.507 e. The number of nitrogens with one attached hydrogen (secondary N) is 2. The van der Waals surface area contributed by atoms with E-state index in [-0.39, 0.29) is 53.1 Å². The van der Waals surface area contributed by atoms with Gasteiger partial charge in [-0.05, 0) is 149 Å². The number of tetrazole rings is 1. The summed E-state index contributed by atoms with van der Waals surface area (Å²) in [6.45, 7) is 28.5. The number of phenolic OH excluding ortho intramolecular Hbond substituents is 3. The van der Waals surface area contributed by atoms with E-state index in [0.29, 0.717) is 33.4 Å². The fourth-order valence-corrected chi connectivity index (χ4v) is 8.87. The van der Waals surface area contributed by atoms with Crippen molar-refractivity contribution in [3.8, 4) is 22.9 Å². The van der Waals surface area contributed by atoms with Crippen molar-refractivity contribution in [1.29, 1.82) is 0 Å². The molecular weight excluding hydrogens is 963 g/mol. The normalized spacial score (nSPS) is 11.6. The lowest BCUT2D eigenvalue weighted by atomic mass is 9.82. The molecular formula is C57H71N13O6. The van der Waals surface area contributed by atoms with Crippen molar-refractivity contribution in [1.82, 2.24) is 64.7 Å². The van der Waals surface area contributed by atoms with Gasteiger partial charge in [-0.2, -0.15) is 35.6 Å². The van der Waals surface area contributed by atoms with Gasteiger partial charge in [0.05, 0.1) is 37.7 Å². The molecule has 0 atom stereocenters. The van der Waals surface area contributed by atoms with Gasteiger partial charge in [0.1, 0.15) is 28.3 Å². The number of rotatable bonds is 7. The molecule has 0 aliphatic carbocycles. The molecule has 0 amide bonds. The SMILES string of the molecule is Cc1cc(C(C)(C)C)c(O)c(C)c1Cn1c(=O)n(Cc2c(C)cc(C(C)(C)C)c(O)c2C)c(=O)n(Cc2c(C)cc(C(C)(C)C)c(O)c2C)c1=O.c1ccc(-n2nccn2)cc1.c1ccc2n[nH]nc2c1.c1nn[nH]n1. The number of phenols is 3. The summed E-state index contributed by atoms with van der Waals surface area (Å²) < 4.78 is 3.15. The number of hydrogen-bond acceptors (Lipinski definition) is 13. The maximum Gasteiger partial charge on any atom is 0.336 e. The lowest BCUT2D eigenvalue weighted by molar-refractivity contribution is 0.437. The number of aromatic hydroxyl groups is 3. The second-order valence-electron chi connectivity index (χ2n) is 22.0. The van der Waals surface area contributed by atoms with Crippen LogP contribution in [0.1, 0.15) is 129 Å². The quantitative estimate of drug-likeness (QED) is 0.100. The average molecular weight is 1030 g/mol. The van der Waals surface area contributed by atoms with E-state index in [9.17, 15) is 29.7 Å². The molecule has 19 nitrogen and oxygen atoms in total. The van der Waals surface area contributed by atoms with E-state index in [0.717, 1.165) is 63.8 Å². The van der Waals surface area contributed by atoms with Gasteiger partial charge in [0.25, 0.3) is 0 Å². The average Bonchev–Trinajstić information content (AvgIpc) is 4.20. The van der Waals surface area contributed by atoms with Gasteiger partial charge in [0.2, 0.25) is 0 Å². The summed E-state index contributed by atoms with van der Waals surface area (Å²) in [7, 11) is 0. The van der Waals surface area contributed by atoms with Crippen molar-refractivity contribution < 1.29 is 15.3 Å². The first-order chi connectivity index (χ1) is 35.6. The molecule has 19 heteroatoms. The molecule has 0 spiro atoms. The molecule has 400 valence electrons. The third-order valence-corrected chi connectivity index (χ3v) is 13.4. The number of hydrogen-bond donors (Lipinski definition) is 5. The minimum absolute atomic E-state index is 0.103. The molecule has 0 unspecified atom stereocenters. The summed E-state index contributed by atoms with van der Waals surface area (Å²) in [6, 6.07) is 23.2. The highest BCUT2D eigenvalue weighted by Crippen LogP contribution is 2.39. The van der Waals surface area contributed by atoms with E-state index in [2.05, 4.69) is 46.2 Å². The standard InChI is InChI=1S/C42H57N3O6.C8H7N3.C6H5N3.CH2N4/c1-22-16-31(40(7,8)9)34(46)25(4)28(22)19-43-37(49)44(20-29-23(2)17-32(41(10,11)12)35(47)26(29)5)39(51)45(38(43)50)21-30-24(3)18-33(42(13,14)15)36(48)27(30)6;1-2-4-8(5-3-1)11-9-6-7-10-11;1-2-4-6-5(3-1)7-9-8-6;1-2-4-5-3-1/h16-18,46-48H,19-21H2,1-15H3;1-7H;1-4H,(H,7,8,9);1H,(H,2,3,4,5). The molecule has 9 aromatic rings. The van der Waals surface area contributed by atoms with Crippen molar-refractivity contribution in [2.75, 3.05) is 0 Å². The Morgan fingerprint density at radius 3 is 1.12 bits per heavy atom. The Morgan fingerprint density at radius 1 is 0.487 bits per heavy atom. The number of benzene rings is 5. The first-order valence-corrected chi connectivity index (χ1v) is 24.9. The third-order valence-electron chi connectivity index (χ3n) is 13.4. The number of nitrogens with zero attached hydrogens (tertiary/aromatic N) is 11. The highest BCUT2D eigenvalue weighted by Gasteiger charge is 2.28. The van der Waals surface area contributed by atoms with Gasteiger partial charge in [-0.3, -0.25) is 0 Å². The van der Waals surface area contributed by atoms with Crippen LogP contribution in [0.3, 0.4) is 0 Å². The Bertz CT molecular complexity index is 3300. The number of H-pyrrole nitrogens is 2. The fraction of sp³-hybridized carbons (Fsp3) is 0.368. The van der Waals surface area contributed by atoms with Gasteiger partial charge in [0, 0.05) is 0 Å². The van der Waals surface area contributed by atoms with Crippen LogP contribution in [-0.4, -0.2) is 80.0 Å². The predicted octanol–water partition coefficient (Wildman–Crippen LogP) is 8.60. The van der Waals surface area contributed by atoms with E-state index in [4.69, 9.17) is 0 Å². The van der Waals surface area contributed by atoms with Gasteiger partial charge in [0.15, 0.2) is 6.33 Å². The number of aryl methyl sites for hydroxylation is 3. The summed E-state index contributed by atoms with van der Waals surface area (Å²) in [5.74, 6) is 0.309. The monoisotopic (exact) mass is 1030 g/mol. The minimum Gasteiger partial charge on any atom is -0.507 e. The molecule has 0 saturated heterocycles. The molecule has 4 aromatic heterocycles. The van der Waals surface area contributed by atoms with Crippen LogP contribution in [0.25, 0.3) is 16.7 Å². The zero-order valence-electron chi connectivity index (χ0n) is 46.3. The first kappa shape index (κ1) is 56.8. The van der Waals surface area contributed by atoms with Crippen LogP contribution in [0.15, 0.2) is 106 Å². The number of aromatic amines is 2. The number of fused-ring (bicyclic) bond motifs is 1. The molecule has 0 bridgehead atoms. The van der Waals surface area contributed by atoms with Crippen molar-refractivity contribution in [3.63, 3.8) is 0 Å². The Hall–Kier alpha value is -8.48. The summed E-state index contributed by atoms with van der Waals surface area (Å²) in [4.78, 5) is 44.7. The van der Waals surface area contributed by atoms with Crippen LogP contribution >= 0.6 is 0 Å². The van der Waals surface area contributed by atoms with Gasteiger partial charge < -0.3 is 15.3 Å². The molecule has 0 fully saturated rings. The minimum atomic E-state index is -0.794. The summed E-state index contributed by atoms with van der Waals surface area (Å²) in [5, 5.41) is 64.2. The first-order valence-electron chi connectivity index (χ1n) is 24.9. The Balaban J connectivity index is 0.000000297. The molecule has 76 heavy (non-hydrogen) atoms. The Morgan fingerprint density at radius 2 is 0.829 bits per heavy atom. The van der Waals surface area contributed by atoms with Crippen LogP contribution in [0.2, 0.25) is 0 Å². The lowest BCUT2D eigenvalue weighted by Crippen LogP contribution is -2.55. The maximum atomic E-state index is 14.4. The Labute approximate surface area is 442 Å². The molecule has 0 aliphatic rings. The third kappa shape index (κ3) is 12.7. The molecule has 5 aromatic carbocycles. The lowest BCUT2D eigenvalue weighted by Gasteiger charge is -2.26. The molecule has 0 saturated carbocycles. The predicted molar refractivity (Wildman–Crippen MR) is 295 cm³/mol. The number of para-hydroxylation sites is 3. The fourth-order valence-electron chi connectivity index (χ4n) is 8.87. The topological polar surface area (TPSA) is 253 Å². The van der Waals surface area contributed by atoms with E-state index < -0.39 is 17.1 Å². The van der Waals surface area contributed by atoms with Gasteiger partial charge in [-0.25, -0.2) is 28.1 Å². The van der Waals surface area contributed by atoms with E-state index in [1.807, 2.05) is 156 Å². The van der Waals surface area contributed by atoms with Crippen LogP contribution in [-0.2, 0) is 35.9 Å².